The van der Waals surface area contributed by atoms with Gasteiger partial charge in [0.25, 0.3) is 0 Å². The summed E-state index contributed by atoms with van der Waals surface area (Å²) in [6, 6.07) is 5.34. The Labute approximate surface area is 117 Å². The molecule has 1 heterocycles. The van der Waals surface area contributed by atoms with E-state index in [-0.39, 0.29) is 0 Å². The highest BCUT2D eigenvalue weighted by Gasteiger charge is 2.26. The van der Waals surface area contributed by atoms with Gasteiger partial charge in [0.05, 0.1) is 4.90 Å². The predicted octanol–water partition coefficient (Wildman–Crippen LogP) is 3.32. The lowest BCUT2D eigenvalue weighted by Crippen LogP contribution is -2.32. The average molecular weight is 332 g/mol. The van der Waals surface area contributed by atoms with Gasteiger partial charge < -0.3 is 0 Å². The lowest BCUT2D eigenvalue weighted by Gasteiger charge is -2.21. The van der Waals surface area contributed by atoms with Crippen LogP contribution in [0.15, 0.2) is 27.6 Å². The first kappa shape index (κ1) is 14.0. The molecule has 1 aromatic rings. The third-order valence-electron chi connectivity index (χ3n) is 3.32. The van der Waals surface area contributed by atoms with Crippen molar-refractivity contribution in [2.45, 2.75) is 37.5 Å². The summed E-state index contributed by atoms with van der Waals surface area (Å²) in [6.07, 6.45) is 4.19. The monoisotopic (exact) mass is 331 g/mol. The molecule has 1 aliphatic rings. The summed E-state index contributed by atoms with van der Waals surface area (Å²) in [4.78, 5) is 0.438. The van der Waals surface area contributed by atoms with Crippen LogP contribution in [0.1, 0.15) is 31.2 Å². The summed E-state index contributed by atoms with van der Waals surface area (Å²) in [7, 11) is -3.32. The van der Waals surface area contributed by atoms with E-state index in [1.54, 1.807) is 16.4 Å². The number of halogens is 1. The molecule has 0 atom stereocenters. The number of nitrogens with zero attached hydrogens (tertiary/aromatic N) is 1. The van der Waals surface area contributed by atoms with Crippen molar-refractivity contribution in [3.05, 3.63) is 28.2 Å². The van der Waals surface area contributed by atoms with Gasteiger partial charge in [-0.05, 0) is 43.5 Å². The van der Waals surface area contributed by atoms with Gasteiger partial charge in [0.15, 0.2) is 0 Å². The van der Waals surface area contributed by atoms with E-state index in [1.165, 1.54) is 0 Å². The highest BCUT2D eigenvalue weighted by atomic mass is 79.9. The van der Waals surface area contributed by atoms with Crippen molar-refractivity contribution in [3.8, 4) is 0 Å². The minimum absolute atomic E-state index is 0.438. The third kappa shape index (κ3) is 2.95. The van der Waals surface area contributed by atoms with Crippen LogP contribution < -0.4 is 0 Å². The Morgan fingerprint density at radius 3 is 2.28 bits per heavy atom. The Morgan fingerprint density at radius 1 is 1.11 bits per heavy atom. The lowest BCUT2D eigenvalue weighted by atomic mass is 10.2. The largest absolute Gasteiger partial charge is 0.243 e. The van der Waals surface area contributed by atoms with Gasteiger partial charge in [0, 0.05) is 17.6 Å². The molecule has 5 heteroatoms. The lowest BCUT2D eigenvalue weighted by molar-refractivity contribution is 0.423. The van der Waals surface area contributed by atoms with E-state index in [2.05, 4.69) is 15.9 Å². The SMILES string of the molecule is Cc1cc(Br)ccc1S(=O)(=O)N1CCCCCC1. The second-order valence-electron chi connectivity index (χ2n) is 4.73. The maximum absolute atomic E-state index is 12.6. The van der Waals surface area contributed by atoms with Crippen molar-refractivity contribution in [3.63, 3.8) is 0 Å². The Morgan fingerprint density at radius 2 is 1.72 bits per heavy atom. The van der Waals surface area contributed by atoms with E-state index in [0.29, 0.717) is 18.0 Å². The zero-order valence-electron chi connectivity index (χ0n) is 10.5. The minimum Gasteiger partial charge on any atom is -0.207 e. The van der Waals surface area contributed by atoms with Gasteiger partial charge in [-0.25, -0.2) is 8.42 Å². The van der Waals surface area contributed by atoms with E-state index in [1.807, 2.05) is 13.0 Å². The summed E-state index contributed by atoms with van der Waals surface area (Å²) < 4.78 is 27.7. The molecule has 0 aromatic heterocycles. The molecular weight excluding hydrogens is 314 g/mol. The Bertz CT molecular complexity index is 520. The molecule has 2 rings (SSSR count). The Kier molecular flexibility index (Phi) is 4.45. The van der Waals surface area contributed by atoms with Crippen molar-refractivity contribution in [2.24, 2.45) is 0 Å². The number of sulfonamides is 1. The van der Waals surface area contributed by atoms with Crippen LogP contribution in [0.5, 0.6) is 0 Å². The van der Waals surface area contributed by atoms with Gasteiger partial charge in [0.2, 0.25) is 10.0 Å². The second kappa shape index (κ2) is 5.72. The molecule has 0 bridgehead atoms. The molecule has 0 N–H and O–H groups in total. The predicted molar refractivity (Wildman–Crippen MR) is 76.1 cm³/mol. The first-order chi connectivity index (χ1) is 8.51. The first-order valence-electron chi connectivity index (χ1n) is 6.28. The van der Waals surface area contributed by atoms with Crippen molar-refractivity contribution < 1.29 is 8.42 Å². The van der Waals surface area contributed by atoms with E-state index in [0.717, 1.165) is 35.7 Å². The fraction of sp³-hybridized carbons (Fsp3) is 0.538. The van der Waals surface area contributed by atoms with E-state index >= 15 is 0 Å². The molecule has 1 fully saturated rings. The molecule has 0 aliphatic carbocycles. The molecule has 0 unspecified atom stereocenters. The summed E-state index contributed by atoms with van der Waals surface area (Å²) in [5.74, 6) is 0. The van der Waals surface area contributed by atoms with Crippen LogP contribution >= 0.6 is 15.9 Å². The highest BCUT2D eigenvalue weighted by molar-refractivity contribution is 9.10. The average Bonchev–Trinajstić information content (AvgIpc) is 2.57. The zero-order valence-corrected chi connectivity index (χ0v) is 12.9. The maximum Gasteiger partial charge on any atom is 0.243 e. The van der Waals surface area contributed by atoms with Crippen molar-refractivity contribution >= 4 is 26.0 Å². The highest BCUT2D eigenvalue weighted by Crippen LogP contribution is 2.25. The summed E-state index contributed by atoms with van der Waals surface area (Å²) in [5, 5.41) is 0. The molecule has 1 aliphatic heterocycles. The fourth-order valence-corrected chi connectivity index (χ4v) is 4.52. The molecule has 18 heavy (non-hydrogen) atoms. The number of rotatable bonds is 2. The van der Waals surface area contributed by atoms with Crippen LogP contribution in [-0.4, -0.2) is 25.8 Å². The molecule has 0 amide bonds. The maximum atomic E-state index is 12.6. The normalized spacial score (nSPS) is 18.6. The van der Waals surface area contributed by atoms with Gasteiger partial charge >= 0.3 is 0 Å². The molecular formula is C13H18BrNO2S. The molecule has 0 radical (unpaired) electrons. The number of aryl methyl sites for hydroxylation is 1. The van der Waals surface area contributed by atoms with Crippen LogP contribution in [0.25, 0.3) is 0 Å². The Hall–Kier alpha value is -0.390. The van der Waals surface area contributed by atoms with E-state index in [9.17, 15) is 8.42 Å². The molecule has 0 saturated carbocycles. The van der Waals surface area contributed by atoms with E-state index < -0.39 is 10.0 Å². The van der Waals surface area contributed by atoms with Crippen LogP contribution in [0, 0.1) is 6.92 Å². The molecule has 3 nitrogen and oxygen atoms in total. The smallest absolute Gasteiger partial charge is 0.207 e. The van der Waals surface area contributed by atoms with Crippen LogP contribution in [0.2, 0.25) is 0 Å². The first-order valence-corrected chi connectivity index (χ1v) is 8.51. The third-order valence-corrected chi connectivity index (χ3v) is 5.87. The Balaban J connectivity index is 2.34. The van der Waals surface area contributed by atoms with Gasteiger partial charge in [-0.1, -0.05) is 28.8 Å². The van der Waals surface area contributed by atoms with Crippen molar-refractivity contribution in [2.75, 3.05) is 13.1 Å². The van der Waals surface area contributed by atoms with Crippen LogP contribution in [-0.2, 0) is 10.0 Å². The minimum atomic E-state index is -3.32. The standard InChI is InChI=1S/C13H18BrNO2S/c1-11-10-12(14)6-7-13(11)18(16,17)15-8-4-2-3-5-9-15/h6-7,10H,2-5,8-9H2,1H3. The summed E-state index contributed by atoms with van der Waals surface area (Å²) in [6.45, 7) is 3.14. The number of hydrogen-bond acceptors (Lipinski definition) is 2. The molecule has 0 spiro atoms. The fourth-order valence-electron chi connectivity index (χ4n) is 2.32. The van der Waals surface area contributed by atoms with Gasteiger partial charge in [-0.3, -0.25) is 0 Å². The van der Waals surface area contributed by atoms with Crippen LogP contribution in [0.4, 0.5) is 0 Å². The molecule has 100 valence electrons. The van der Waals surface area contributed by atoms with Gasteiger partial charge in [-0.15, -0.1) is 0 Å². The number of hydrogen-bond donors (Lipinski definition) is 0. The molecule has 1 saturated heterocycles. The summed E-state index contributed by atoms with van der Waals surface area (Å²) >= 11 is 3.36. The summed E-state index contributed by atoms with van der Waals surface area (Å²) in [5.41, 5.74) is 0.800. The van der Waals surface area contributed by atoms with Gasteiger partial charge in [0.1, 0.15) is 0 Å². The zero-order chi connectivity index (χ0) is 13.2. The van der Waals surface area contributed by atoms with Gasteiger partial charge in [-0.2, -0.15) is 4.31 Å². The van der Waals surface area contributed by atoms with E-state index in [4.69, 9.17) is 0 Å². The van der Waals surface area contributed by atoms with Crippen LogP contribution in [0.3, 0.4) is 0 Å². The number of benzene rings is 1. The quantitative estimate of drug-likeness (QED) is 0.833. The van der Waals surface area contributed by atoms with Crippen molar-refractivity contribution in [1.82, 2.24) is 4.31 Å². The second-order valence-corrected chi connectivity index (χ2v) is 7.55. The molecule has 1 aromatic carbocycles. The topological polar surface area (TPSA) is 37.4 Å². The van der Waals surface area contributed by atoms with Crippen molar-refractivity contribution in [1.29, 1.82) is 0 Å².